The van der Waals surface area contributed by atoms with Gasteiger partial charge in [0.1, 0.15) is 19.6 Å². The average molecular weight is 261 g/mol. The van der Waals surface area contributed by atoms with Gasteiger partial charge in [0, 0.05) is 5.50 Å². The number of halogens is 1. The Morgan fingerprint density at radius 1 is 0.941 bits per heavy atom. The van der Waals surface area contributed by atoms with Crippen LogP contribution in [0.25, 0.3) is 0 Å². The predicted octanol–water partition coefficient (Wildman–Crippen LogP) is 2.76. The Balaban J connectivity index is 2.28. The van der Waals surface area contributed by atoms with E-state index < -0.39 is 8.07 Å². The third kappa shape index (κ3) is 1.52. The molecule has 0 aromatic heterocycles. The number of ether oxygens (including phenoxy) is 1. The highest BCUT2D eigenvalue weighted by molar-refractivity contribution is 7.05. The van der Waals surface area contributed by atoms with E-state index in [0.29, 0.717) is 5.50 Å². The van der Waals surface area contributed by atoms with Crippen molar-refractivity contribution in [2.24, 2.45) is 0 Å². The van der Waals surface area contributed by atoms with Crippen molar-refractivity contribution in [3.63, 3.8) is 0 Å². The summed E-state index contributed by atoms with van der Waals surface area (Å²) in [5.41, 5.74) is 0.685. The van der Waals surface area contributed by atoms with Gasteiger partial charge in [-0.15, -0.1) is 11.6 Å². The molecule has 0 amide bonds. The van der Waals surface area contributed by atoms with Crippen LogP contribution in [0.2, 0.25) is 6.55 Å². The van der Waals surface area contributed by atoms with Gasteiger partial charge in [0.05, 0.1) is 0 Å². The van der Waals surface area contributed by atoms with Crippen LogP contribution < -0.4 is 15.1 Å². The fourth-order valence-electron chi connectivity index (χ4n) is 2.43. The molecule has 2 aromatic rings. The number of hydrogen-bond donors (Lipinski definition) is 0. The third-order valence-electron chi connectivity index (χ3n) is 3.45. The zero-order chi connectivity index (χ0) is 11.9. The summed E-state index contributed by atoms with van der Waals surface area (Å²) in [5.74, 6) is 1.95. The zero-order valence-corrected chi connectivity index (χ0v) is 11.4. The molecule has 0 unspecified atom stereocenters. The van der Waals surface area contributed by atoms with Crippen LogP contribution in [0.4, 0.5) is 0 Å². The van der Waals surface area contributed by atoms with Crippen molar-refractivity contribution in [3.8, 4) is 11.5 Å². The van der Waals surface area contributed by atoms with E-state index in [9.17, 15) is 0 Å². The molecule has 1 aliphatic heterocycles. The first-order valence-corrected chi connectivity index (χ1v) is 8.93. The lowest BCUT2D eigenvalue weighted by Gasteiger charge is -2.34. The van der Waals surface area contributed by atoms with E-state index >= 15 is 0 Å². The SMILES string of the molecule is C[Si]1(CCl)c2ccccc2Oc2ccccc21. The predicted molar refractivity (Wildman–Crippen MR) is 74.6 cm³/mol. The number of hydrogen-bond acceptors (Lipinski definition) is 1. The van der Waals surface area contributed by atoms with Crippen LogP contribution in [0, 0.1) is 0 Å². The van der Waals surface area contributed by atoms with E-state index in [4.69, 9.17) is 16.3 Å². The van der Waals surface area contributed by atoms with E-state index in [1.54, 1.807) is 0 Å². The molecule has 2 aromatic carbocycles. The molecule has 17 heavy (non-hydrogen) atoms. The fourth-order valence-corrected chi connectivity index (χ4v) is 6.16. The van der Waals surface area contributed by atoms with Crippen LogP contribution >= 0.6 is 11.6 Å². The van der Waals surface area contributed by atoms with Crippen molar-refractivity contribution in [3.05, 3.63) is 48.5 Å². The second-order valence-corrected chi connectivity index (χ2v) is 9.37. The van der Waals surface area contributed by atoms with Crippen LogP contribution in [-0.2, 0) is 0 Å². The maximum Gasteiger partial charge on any atom is 0.139 e. The Labute approximate surface area is 107 Å². The summed E-state index contributed by atoms with van der Waals surface area (Å²) in [6.07, 6.45) is 0. The van der Waals surface area contributed by atoms with Crippen LogP contribution in [0.1, 0.15) is 0 Å². The minimum Gasteiger partial charge on any atom is -0.458 e. The Kier molecular flexibility index (Phi) is 2.49. The van der Waals surface area contributed by atoms with Gasteiger partial charge in [-0.1, -0.05) is 42.9 Å². The van der Waals surface area contributed by atoms with E-state index in [1.807, 2.05) is 24.3 Å². The monoisotopic (exact) mass is 260 g/mol. The van der Waals surface area contributed by atoms with Gasteiger partial charge >= 0.3 is 0 Å². The molecule has 0 radical (unpaired) electrons. The largest absolute Gasteiger partial charge is 0.458 e. The van der Waals surface area contributed by atoms with Gasteiger partial charge in [0.25, 0.3) is 0 Å². The van der Waals surface area contributed by atoms with Gasteiger partial charge in [0.2, 0.25) is 0 Å². The smallest absolute Gasteiger partial charge is 0.139 e. The zero-order valence-electron chi connectivity index (χ0n) is 9.61. The van der Waals surface area contributed by atoms with Gasteiger partial charge in [-0.2, -0.15) is 0 Å². The van der Waals surface area contributed by atoms with Crippen LogP contribution in [-0.4, -0.2) is 13.6 Å². The van der Waals surface area contributed by atoms with Crippen molar-refractivity contribution < 1.29 is 4.74 Å². The highest BCUT2D eigenvalue weighted by Gasteiger charge is 2.39. The number of benzene rings is 2. The number of alkyl halides is 1. The van der Waals surface area contributed by atoms with Crippen LogP contribution in [0.15, 0.2) is 48.5 Å². The molecular formula is C14H13ClOSi. The molecule has 0 fully saturated rings. The summed E-state index contributed by atoms with van der Waals surface area (Å²) in [7, 11) is -1.81. The fraction of sp³-hybridized carbons (Fsp3) is 0.143. The molecule has 3 rings (SSSR count). The van der Waals surface area contributed by atoms with Gasteiger partial charge in [0.15, 0.2) is 0 Å². The molecule has 0 saturated heterocycles. The maximum absolute atomic E-state index is 6.28. The Morgan fingerprint density at radius 3 is 1.88 bits per heavy atom. The molecule has 1 aliphatic rings. The van der Waals surface area contributed by atoms with Gasteiger partial charge in [-0.05, 0) is 22.5 Å². The molecule has 0 atom stereocenters. The lowest BCUT2D eigenvalue weighted by atomic mass is 10.3. The number of rotatable bonds is 1. The minimum absolute atomic E-state index is 0.685. The van der Waals surface area contributed by atoms with Crippen LogP contribution in [0.5, 0.6) is 11.5 Å². The van der Waals surface area contributed by atoms with Crippen LogP contribution in [0.3, 0.4) is 0 Å². The summed E-state index contributed by atoms with van der Waals surface area (Å²) in [4.78, 5) is 0. The highest BCUT2D eigenvalue weighted by Crippen LogP contribution is 2.28. The normalized spacial score (nSPS) is 15.6. The van der Waals surface area contributed by atoms with Crippen molar-refractivity contribution >= 4 is 30.0 Å². The number of para-hydroxylation sites is 2. The van der Waals surface area contributed by atoms with Crippen molar-refractivity contribution in [1.82, 2.24) is 0 Å². The lowest BCUT2D eigenvalue weighted by Crippen LogP contribution is -2.60. The minimum atomic E-state index is -1.81. The van der Waals surface area contributed by atoms with E-state index in [2.05, 4.69) is 30.8 Å². The average Bonchev–Trinajstić information content (AvgIpc) is 2.39. The second kappa shape index (κ2) is 3.90. The molecule has 0 aliphatic carbocycles. The molecule has 1 heterocycles. The summed E-state index contributed by atoms with van der Waals surface area (Å²) >= 11 is 6.28. The highest BCUT2D eigenvalue weighted by atomic mass is 35.5. The van der Waals surface area contributed by atoms with Gasteiger partial charge in [-0.3, -0.25) is 0 Å². The summed E-state index contributed by atoms with van der Waals surface area (Å²) in [6, 6.07) is 16.5. The quantitative estimate of drug-likeness (QED) is 0.566. The Bertz CT molecular complexity index is 522. The van der Waals surface area contributed by atoms with Crippen molar-refractivity contribution in [1.29, 1.82) is 0 Å². The molecule has 0 saturated carbocycles. The molecule has 0 bridgehead atoms. The first-order valence-electron chi connectivity index (χ1n) is 5.68. The Morgan fingerprint density at radius 2 is 1.41 bits per heavy atom. The molecular weight excluding hydrogens is 248 g/mol. The van der Waals surface area contributed by atoms with Crippen molar-refractivity contribution in [2.45, 2.75) is 6.55 Å². The number of fused-ring (bicyclic) bond motifs is 2. The van der Waals surface area contributed by atoms with E-state index in [-0.39, 0.29) is 0 Å². The van der Waals surface area contributed by atoms with Gasteiger partial charge in [-0.25, -0.2) is 0 Å². The molecule has 1 nitrogen and oxygen atoms in total. The first-order chi connectivity index (χ1) is 8.25. The molecule has 3 heteroatoms. The molecule has 0 N–H and O–H groups in total. The molecule has 86 valence electrons. The van der Waals surface area contributed by atoms with Gasteiger partial charge < -0.3 is 4.74 Å². The second-order valence-electron chi connectivity index (χ2n) is 4.56. The summed E-state index contributed by atoms with van der Waals surface area (Å²) in [6.45, 7) is 2.31. The molecule has 0 spiro atoms. The first kappa shape index (κ1) is 10.9. The van der Waals surface area contributed by atoms with E-state index in [0.717, 1.165) is 11.5 Å². The summed E-state index contributed by atoms with van der Waals surface area (Å²) in [5, 5.41) is 2.60. The third-order valence-corrected chi connectivity index (χ3v) is 8.79. The Hall–Kier alpha value is -1.25. The standard InChI is InChI=1S/C14H13ClOSi/c1-17(10-15)13-8-4-2-6-11(13)16-12-7-3-5-9-14(12)17/h2-9H,10H2,1H3. The van der Waals surface area contributed by atoms with Crippen molar-refractivity contribution in [2.75, 3.05) is 5.50 Å². The topological polar surface area (TPSA) is 9.23 Å². The maximum atomic E-state index is 6.28. The summed E-state index contributed by atoms with van der Waals surface area (Å²) < 4.78 is 5.95. The lowest BCUT2D eigenvalue weighted by molar-refractivity contribution is 0.486. The van der Waals surface area contributed by atoms with E-state index in [1.165, 1.54) is 10.4 Å².